The Labute approximate surface area is 155 Å². The van der Waals surface area contributed by atoms with Crippen molar-refractivity contribution >= 4 is 11.4 Å². The van der Waals surface area contributed by atoms with Crippen LogP contribution in [0.5, 0.6) is 0 Å². The van der Waals surface area contributed by atoms with Crippen LogP contribution in [0.3, 0.4) is 0 Å². The van der Waals surface area contributed by atoms with Gasteiger partial charge < -0.3 is 4.90 Å². The molecule has 0 radical (unpaired) electrons. The van der Waals surface area contributed by atoms with Crippen LogP contribution in [0.15, 0.2) is 66.7 Å². The number of anilines is 1. The molecule has 26 heavy (non-hydrogen) atoms. The van der Waals surface area contributed by atoms with E-state index in [-0.39, 0.29) is 0 Å². The maximum absolute atomic E-state index is 2.59. The standard InChI is InChI=1S/C24H25N2/c1-18-8-10-23-22(13-18)16-26(15-20-6-4-3-5-7-20)17-25(23)14-21-12-19(2)9-11-24(21)26/h3-13H,14-17H2,1-2H3/q+1/t26-/m1/s1. The van der Waals surface area contributed by atoms with Crippen LogP contribution >= 0.6 is 0 Å². The molecule has 0 saturated carbocycles. The van der Waals surface area contributed by atoms with Crippen molar-refractivity contribution in [1.29, 1.82) is 0 Å². The zero-order chi connectivity index (χ0) is 17.7. The lowest BCUT2D eigenvalue weighted by atomic mass is 9.95. The fourth-order valence-electron chi connectivity index (χ4n) is 4.86. The first-order valence-electron chi connectivity index (χ1n) is 9.48. The van der Waals surface area contributed by atoms with E-state index < -0.39 is 0 Å². The number of fused-ring (bicyclic) bond motifs is 6. The first-order chi connectivity index (χ1) is 12.6. The van der Waals surface area contributed by atoms with Crippen LogP contribution in [0.4, 0.5) is 11.4 Å². The highest BCUT2D eigenvalue weighted by atomic mass is 15.5. The quantitative estimate of drug-likeness (QED) is 0.572. The number of quaternary nitrogens is 1. The maximum Gasteiger partial charge on any atom is 0.160 e. The fourth-order valence-corrected chi connectivity index (χ4v) is 4.86. The second-order valence-electron chi connectivity index (χ2n) is 8.05. The summed E-state index contributed by atoms with van der Waals surface area (Å²) in [5.41, 5.74) is 10.0. The predicted molar refractivity (Wildman–Crippen MR) is 109 cm³/mol. The van der Waals surface area contributed by atoms with Gasteiger partial charge in [-0.15, -0.1) is 0 Å². The van der Waals surface area contributed by atoms with Gasteiger partial charge in [0.05, 0.1) is 12.2 Å². The van der Waals surface area contributed by atoms with Crippen LogP contribution in [0.25, 0.3) is 0 Å². The average molecular weight is 341 g/mol. The summed E-state index contributed by atoms with van der Waals surface area (Å²) in [5.74, 6) is 0. The van der Waals surface area contributed by atoms with E-state index in [4.69, 9.17) is 0 Å². The van der Waals surface area contributed by atoms with E-state index in [2.05, 4.69) is 85.5 Å². The molecule has 5 rings (SSSR count). The van der Waals surface area contributed by atoms with Crippen molar-refractivity contribution in [1.82, 2.24) is 4.48 Å². The number of aryl methyl sites for hydroxylation is 2. The van der Waals surface area contributed by atoms with E-state index in [9.17, 15) is 0 Å². The summed E-state index contributed by atoms with van der Waals surface area (Å²) in [4.78, 5) is 2.59. The molecule has 3 aromatic rings. The van der Waals surface area contributed by atoms with Crippen molar-refractivity contribution in [3.8, 4) is 0 Å². The molecular formula is C24H25N2+. The molecule has 0 saturated heterocycles. The summed E-state index contributed by atoms with van der Waals surface area (Å²) in [6.45, 7) is 8.59. The highest BCUT2D eigenvalue weighted by Crippen LogP contribution is 2.44. The summed E-state index contributed by atoms with van der Waals surface area (Å²) in [6.07, 6.45) is 0. The number of benzene rings is 3. The van der Waals surface area contributed by atoms with E-state index in [1.54, 1.807) is 0 Å². The molecule has 0 aliphatic carbocycles. The van der Waals surface area contributed by atoms with Gasteiger partial charge in [0, 0.05) is 16.7 Å². The fraction of sp³-hybridized carbons (Fsp3) is 0.250. The summed E-state index contributed by atoms with van der Waals surface area (Å²) in [7, 11) is 0. The van der Waals surface area contributed by atoms with Gasteiger partial charge in [-0.1, -0.05) is 53.6 Å². The summed E-state index contributed by atoms with van der Waals surface area (Å²) >= 11 is 0. The molecule has 3 aromatic carbocycles. The van der Waals surface area contributed by atoms with Crippen LogP contribution in [0.2, 0.25) is 0 Å². The second-order valence-corrected chi connectivity index (χ2v) is 8.05. The Morgan fingerprint density at radius 2 is 1.58 bits per heavy atom. The monoisotopic (exact) mass is 341 g/mol. The lowest BCUT2D eigenvalue weighted by Gasteiger charge is -2.50. The minimum Gasteiger partial charge on any atom is -0.320 e. The van der Waals surface area contributed by atoms with Crippen LogP contribution < -0.4 is 9.38 Å². The van der Waals surface area contributed by atoms with Crippen molar-refractivity contribution in [2.75, 3.05) is 11.6 Å². The van der Waals surface area contributed by atoms with Gasteiger partial charge in [0.15, 0.2) is 6.67 Å². The molecule has 0 amide bonds. The van der Waals surface area contributed by atoms with E-state index in [1.165, 1.54) is 39.2 Å². The number of nitrogens with zero attached hydrogens (tertiary/aromatic N) is 2. The third-order valence-electron chi connectivity index (χ3n) is 5.93. The normalized spacial score (nSPS) is 20.5. The Balaban J connectivity index is 1.68. The van der Waals surface area contributed by atoms with Gasteiger partial charge in [-0.25, -0.2) is 0 Å². The minimum atomic E-state index is 0.996. The van der Waals surface area contributed by atoms with Gasteiger partial charge >= 0.3 is 0 Å². The molecule has 2 bridgehead atoms. The van der Waals surface area contributed by atoms with Crippen molar-refractivity contribution in [3.05, 3.63) is 94.5 Å². The molecule has 0 spiro atoms. The smallest absolute Gasteiger partial charge is 0.160 e. The summed E-state index contributed by atoms with van der Waals surface area (Å²) < 4.78 is 0.996. The minimum absolute atomic E-state index is 0.996. The Morgan fingerprint density at radius 3 is 2.38 bits per heavy atom. The van der Waals surface area contributed by atoms with Crippen molar-refractivity contribution in [2.24, 2.45) is 0 Å². The van der Waals surface area contributed by atoms with Gasteiger partial charge in [-0.3, -0.25) is 4.48 Å². The van der Waals surface area contributed by atoms with Crippen LogP contribution in [-0.2, 0) is 19.6 Å². The molecule has 2 heteroatoms. The molecule has 2 heterocycles. The number of rotatable bonds is 2. The van der Waals surface area contributed by atoms with Crippen LogP contribution in [0, 0.1) is 13.8 Å². The van der Waals surface area contributed by atoms with E-state index >= 15 is 0 Å². The number of hydrogen-bond donors (Lipinski definition) is 0. The Hall–Kier alpha value is -2.58. The van der Waals surface area contributed by atoms with Crippen LogP contribution in [-0.4, -0.2) is 6.67 Å². The van der Waals surface area contributed by atoms with Crippen molar-refractivity contribution in [3.63, 3.8) is 0 Å². The van der Waals surface area contributed by atoms with Crippen LogP contribution in [0.1, 0.15) is 27.8 Å². The number of hydrogen-bond acceptors (Lipinski definition) is 1. The average Bonchev–Trinajstić information content (AvgIpc) is 2.62. The molecule has 2 aliphatic heterocycles. The molecule has 0 unspecified atom stereocenters. The molecule has 130 valence electrons. The molecule has 0 aromatic heterocycles. The van der Waals surface area contributed by atoms with Crippen molar-refractivity contribution in [2.45, 2.75) is 33.5 Å². The van der Waals surface area contributed by atoms with E-state index in [0.717, 1.165) is 30.8 Å². The Bertz CT molecular complexity index is 977. The molecule has 2 aliphatic rings. The van der Waals surface area contributed by atoms with E-state index in [0.29, 0.717) is 0 Å². The van der Waals surface area contributed by atoms with Gasteiger partial charge in [0.2, 0.25) is 0 Å². The zero-order valence-corrected chi connectivity index (χ0v) is 15.6. The SMILES string of the molecule is Cc1ccc2c(c1)C[N@+]1(Cc3ccccc3)CN2Cc2cc(C)ccc21. The molecule has 2 nitrogen and oxygen atoms in total. The first kappa shape index (κ1) is 15.7. The lowest BCUT2D eigenvalue weighted by Crippen LogP contribution is -2.60. The largest absolute Gasteiger partial charge is 0.320 e. The van der Waals surface area contributed by atoms with Gasteiger partial charge in [0.1, 0.15) is 18.8 Å². The lowest BCUT2D eigenvalue weighted by molar-refractivity contribution is 0.227. The topological polar surface area (TPSA) is 3.24 Å². The maximum atomic E-state index is 2.59. The van der Waals surface area contributed by atoms with Gasteiger partial charge in [0.25, 0.3) is 0 Å². The molecule has 1 atom stereocenters. The molecule has 0 N–H and O–H groups in total. The third kappa shape index (κ3) is 2.45. The highest BCUT2D eigenvalue weighted by Gasteiger charge is 2.44. The second kappa shape index (κ2) is 5.72. The summed E-state index contributed by atoms with van der Waals surface area (Å²) in [5, 5.41) is 0. The van der Waals surface area contributed by atoms with Gasteiger partial charge in [-0.2, -0.15) is 0 Å². The Morgan fingerprint density at radius 1 is 0.846 bits per heavy atom. The van der Waals surface area contributed by atoms with E-state index in [1.807, 2.05) is 0 Å². The predicted octanol–water partition coefficient (Wildman–Crippen LogP) is 5.30. The third-order valence-corrected chi connectivity index (χ3v) is 5.93. The summed E-state index contributed by atoms with van der Waals surface area (Å²) in [6, 6.07) is 25.0. The first-order valence-corrected chi connectivity index (χ1v) is 9.48. The Kier molecular flexibility index (Phi) is 3.44. The molecular weight excluding hydrogens is 316 g/mol. The highest BCUT2D eigenvalue weighted by molar-refractivity contribution is 5.66. The molecule has 0 fully saturated rings. The zero-order valence-electron chi connectivity index (χ0n) is 15.6. The van der Waals surface area contributed by atoms with Gasteiger partial charge in [-0.05, 0) is 38.1 Å². The van der Waals surface area contributed by atoms with Crippen molar-refractivity contribution < 1.29 is 0 Å².